The van der Waals surface area contributed by atoms with Gasteiger partial charge in [-0.15, -0.1) is 0 Å². The molecule has 3 heteroatoms. The predicted octanol–water partition coefficient (Wildman–Crippen LogP) is 2.38. The minimum Gasteiger partial charge on any atom is -0.352 e. The first-order chi connectivity index (χ1) is 7.18. The highest BCUT2D eigenvalue weighted by atomic mass is 16.2. The highest BCUT2D eigenvalue weighted by molar-refractivity contribution is 5.85. The van der Waals surface area contributed by atoms with E-state index in [0.717, 1.165) is 12.8 Å². The highest BCUT2D eigenvalue weighted by Crippen LogP contribution is 2.27. The number of nitriles is 1. The zero-order valence-electron chi connectivity index (χ0n) is 9.68. The van der Waals surface area contributed by atoms with Crippen molar-refractivity contribution >= 4 is 5.91 Å². The molecule has 0 atom stereocenters. The van der Waals surface area contributed by atoms with E-state index in [4.69, 9.17) is 5.26 Å². The van der Waals surface area contributed by atoms with E-state index < -0.39 is 5.41 Å². The van der Waals surface area contributed by atoms with Gasteiger partial charge in [-0.2, -0.15) is 5.26 Å². The van der Waals surface area contributed by atoms with Crippen molar-refractivity contribution in [1.29, 1.82) is 5.26 Å². The maximum atomic E-state index is 12.0. The Balaban J connectivity index is 2.60. The molecule has 1 fully saturated rings. The van der Waals surface area contributed by atoms with Gasteiger partial charge >= 0.3 is 0 Å². The molecule has 0 aromatic rings. The largest absolute Gasteiger partial charge is 0.352 e. The molecular formula is C12H20N2O. The van der Waals surface area contributed by atoms with Crippen molar-refractivity contribution < 1.29 is 4.79 Å². The third-order valence-corrected chi connectivity index (χ3v) is 3.55. The third-order valence-electron chi connectivity index (χ3n) is 3.55. The van der Waals surface area contributed by atoms with Gasteiger partial charge in [0.1, 0.15) is 5.41 Å². The molecule has 0 radical (unpaired) electrons. The summed E-state index contributed by atoms with van der Waals surface area (Å²) < 4.78 is 0. The number of amides is 1. The minimum absolute atomic E-state index is 0.0677. The van der Waals surface area contributed by atoms with Gasteiger partial charge in [0.05, 0.1) is 6.07 Å². The number of carbonyl (C=O) groups is 1. The lowest BCUT2D eigenvalue weighted by Crippen LogP contribution is -2.43. The molecule has 0 heterocycles. The van der Waals surface area contributed by atoms with Gasteiger partial charge in [0.2, 0.25) is 5.91 Å². The lowest BCUT2D eigenvalue weighted by Gasteiger charge is -2.24. The number of rotatable bonds is 4. The second-order valence-corrected chi connectivity index (χ2v) is 4.36. The normalized spacial score (nSPS) is 17.4. The van der Waals surface area contributed by atoms with Crippen LogP contribution in [0.5, 0.6) is 0 Å². The minimum atomic E-state index is -0.803. The summed E-state index contributed by atoms with van der Waals surface area (Å²) in [5.41, 5.74) is -0.803. The van der Waals surface area contributed by atoms with E-state index in [2.05, 4.69) is 11.4 Å². The summed E-state index contributed by atoms with van der Waals surface area (Å²) >= 11 is 0. The summed E-state index contributed by atoms with van der Waals surface area (Å²) in [4.78, 5) is 12.0. The van der Waals surface area contributed by atoms with Crippen LogP contribution < -0.4 is 5.32 Å². The Labute approximate surface area is 91.9 Å². The first kappa shape index (κ1) is 12.0. The van der Waals surface area contributed by atoms with E-state index in [1.807, 2.05) is 13.8 Å². The molecule has 1 aliphatic rings. The van der Waals surface area contributed by atoms with Gasteiger partial charge in [-0.25, -0.2) is 0 Å². The second-order valence-electron chi connectivity index (χ2n) is 4.36. The fourth-order valence-electron chi connectivity index (χ4n) is 2.17. The summed E-state index contributed by atoms with van der Waals surface area (Å²) in [5.74, 6) is -0.0677. The molecule has 15 heavy (non-hydrogen) atoms. The Morgan fingerprint density at radius 3 is 2.33 bits per heavy atom. The Hall–Kier alpha value is -1.04. The van der Waals surface area contributed by atoms with Crippen LogP contribution in [0.1, 0.15) is 52.4 Å². The Kier molecular flexibility index (Phi) is 4.14. The molecule has 0 aromatic heterocycles. The van der Waals surface area contributed by atoms with Crippen LogP contribution >= 0.6 is 0 Å². The summed E-state index contributed by atoms with van der Waals surface area (Å²) in [7, 11) is 0. The van der Waals surface area contributed by atoms with E-state index in [0.29, 0.717) is 18.9 Å². The molecule has 1 amide bonds. The molecule has 3 nitrogen and oxygen atoms in total. The average molecular weight is 208 g/mol. The molecule has 0 aromatic carbocycles. The number of nitrogens with one attached hydrogen (secondary N) is 1. The van der Waals surface area contributed by atoms with Crippen molar-refractivity contribution in [3.8, 4) is 6.07 Å². The van der Waals surface area contributed by atoms with Crippen LogP contribution in [0.4, 0.5) is 0 Å². The maximum Gasteiger partial charge on any atom is 0.240 e. The molecule has 84 valence electrons. The van der Waals surface area contributed by atoms with Gasteiger partial charge in [-0.05, 0) is 25.7 Å². The van der Waals surface area contributed by atoms with Crippen LogP contribution in [0.2, 0.25) is 0 Å². The molecule has 0 aliphatic heterocycles. The molecule has 0 unspecified atom stereocenters. The first-order valence-corrected chi connectivity index (χ1v) is 5.90. The number of nitrogens with zero attached hydrogens (tertiary/aromatic N) is 1. The summed E-state index contributed by atoms with van der Waals surface area (Å²) in [6, 6.07) is 2.49. The quantitative estimate of drug-likeness (QED) is 0.771. The van der Waals surface area contributed by atoms with Crippen LogP contribution in [-0.2, 0) is 4.79 Å². The fourth-order valence-corrected chi connectivity index (χ4v) is 2.17. The standard InChI is InChI=1S/C12H20N2O/c1-3-12(4-2,9-13)11(15)14-10-7-5-6-8-10/h10H,3-8H2,1-2H3,(H,14,15). The van der Waals surface area contributed by atoms with Gasteiger partial charge in [-0.1, -0.05) is 26.7 Å². The van der Waals surface area contributed by atoms with Gasteiger partial charge in [0.25, 0.3) is 0 Å². The van der Waals surface area contributed by atoms with Gasteiger partial charge in [0.15, 0.2) is 0 Å². The SMILES string of the molecule is CCC(C#N)(CC)C(=O)NC1CCCC1. The lowest BCUT2D eigenvalue weighted by molar-refractivity contribution is -0.129. The van der Waals surface area contributed by atoms with Gasteiger partial charge in [-0.3, -0.25) is 4.79 Å². The van der Waals surface area contributed by atoms with Crippen molar-refractivity contribution in [3.63, 3.8) is 0 Å². The maximum absolute atomic E-state index is 12.0. The molecular weight excluding hydrogens is 188 g/mol. The summed E-state index contributed by atoms with van der Waals surface area (Å²) in [6.45, 7) is 3.81. The van der Waals surface area contributed by atoms with Crippen molar-refractivity contribution in [2.75, 3.05) is 0 Å². The molecule has 0 saturated heterocycles. The zero-order valence-corrected chi connectivity index (χ0v) is 9.68. The van der Waals surface area contributed by atoms with Crippen LogP contribution in [0.25, 0.3) is 0 Å². The monoisotopic (exact) mass is 208 g/mol. The molecule has 0 spiro atoms. The smallest absolute Gasteiger partial charge is 0.240 e. The van der Waals surface area contributed by atoms with Crippen molar-refractivity contribution in [1.82, 2.24) is 5.32 Å². The van der Waals surface area contributed by atoms with Crippen molar-refractivity contribution in [3.05, 3.63) is 0 Å². The fraction of sp³-hybridized carbons (Fsp3) is 0.833. The Morgan fingerprint density at radius 2 is 1.93 bits per heavy atom. The van der Waals surface area contributed by atoms with Gasteiger partial charge in [0, 0.05) is 6.04 Å². The summed E-state index contributed by atoms with van der Waals surface area (Å²) in [6.07, 6.45) is 5.73. The molecule has 1 N–H and O–H groups in total. The highest BCUT2D eigenvalue weighted by Gasteiger charge is 2.36. The Morgan fingerprint density at radius 1 is 1.40 bits per heavy atom. The van der Waals surface area contributed by atoms with Crippen LogP contribution in [0.3, 0.4) is 0 Å². The number of carbonyl (C=O) groups excluding carboxylic acids is 1. The Bertz CT molecular complexity index is 257. The van der Waals surface area contributed by atoms with Crippen LogP contribution in [0.15, 0.2) is 0 Å². The second kappa shape index (κ2) is 5.16. The molecule has 0 bridgehead atoms. The van der Waals surface area contributed by atoms with Crippen LogP contribution in [0, 0.1) is 16.7 Å². The number of hydrogen-bond donors (Lipinski definition) is 1. The predicted molar refractivity (Wildman–Crippen MR) is 59.0 cm³/mol. The van der Waals surface area contributed by atoms with E-state index >= 15 is 0 Å². The molecule has 1 aliphatic carbocycles. The molecule has 1 rings (SSSR count). The van der Waals surface area contributed by atoms with Crippen molar-refractivity contribution in [2.45, 2.75) is 58.4 Å². The topological polar surface area (TPSA) is 52.9 Å². The zero-order chi connectivity index (χ0) is 11.3. The van der Waals surface area contributed by atoms with E-state index in [-0.39, 0.29) is 5.91 Å². The van der Waals surface area contributed by atoms with E-state index in [9.17, 15) is 4.79 Å². The summed E-state index contributed by atoms with van der Waals surface area (Å²) in [5, 5.41) is 12.1. The average Bonchev–Trinajstić information content (AvgIpc) is 2.74. The van der Waals surface area contributed by atoms with Crippen LogP contribution in [-0.4, -0.2) is 11.9 Å². The van der Waals surface area contributed by atoms with E-state index in [1.54, 1.807) is 0 Å². The van der Waals surface area contributed by atoms with E-state index in [1.165, 1.54) is 12.8 Å². The number of hydrogen-bond acceptors (Lipinski definition) is 2. The van der Waals surface area contributed by atoms with Crippen molar-refractivity contribution in [2.24, 2.45) is 5.41 Å². The first-order valence-electron chi connectivity index (χ1n) is 5.90. The lowest BCUT2D eigenvalue weighted by atomic mass is 9.83. The molecule has 1 saturated carbocycles. The third kappa shape index (κ3) is 2.50. The van der Waals surface area contributed by atoms with Gasteiger partial charge < -0.3 is 5.32 Å².